The number of nitrogens with zero attached hydrogens (tertiary/aromatic N) is 2. The summed E-state index contributed by atoms with van der Waals surface area (Å²) in [4.78, 5) is 23.2. The van der Waals surface area contributed by atoms with Gasteiger partial charge in [-0.25, -0.2) is 5.48 Å². The molecule has 1 fully saturated rings. The molecule has 6 nitrogen and oxygen atoms in total. The van der Waals surface area contributed by atoms with Crippen molar-refractivity contribution >= 4 is 5.91 Å². The number of rotatable bonds is 6. The molecule has 1 aromatic heterocycles. The molecule has 2 heterocycles. The Labute approximate surface area is 125 Å². The minimum atomic E-state index is -0.599. The molecule has 1 aliphatic heterocycles. The predicted molar refractivity (Wildman–Crippen MR) is 78.7 cm³/mol. The maximum Gasteiger partial charge on any atom is 0.276 e. The zero-order valence-electron chi connectivity index (χ0n) is 12.4. The van der Waals surface area contributed by atoms with E-state index in [4.69, 9.17) is 4.84 Å². The molecule has 1 atom stereocenters. The lowest BCUT2D eigenvalue weighted by Gasteiger charge is -2.28. The Hall–Kier alpha value is -1.50. The van der Waals surface area contributed by atoms with Gasteiger partial charge in [0.15, 0.2) is 0 Å². The van der Waals surface area contributed by atoms with Crippen LogP contribution in [0.1, 0.15) is 35.3 Å². The number of aliphatic hydroxyl groups is 1. The molecule has 1 aromatic rings. The van der Waals surface area contributed by atoms with Crippen LogP contribution in [0, 0.1) is 6.92 Å². The Morgan fingerprint density at radius 3 is 2.95 bits per heavy atom. The van der Waals surface area contributed by atoms with Crippen molar-refractivity contribution in [3.8, 4) is 0 Å². The van der Waals surface area contributed by atoms with Gasteiger partial charge in [-0.1, -0.05) is 6.42 Å². The molecule has 0 spiro atoms. The number of aromatic nitrogens is 1. The third-order valence-corrected chi connectivity index (χ3v) is 3.61. The fraction of sp³-hybridized carbons (Fsp3) is 0.600. The van der Waals surface area contributed by atoms with Crippen molar-refractivity contribution in [1.29, 1.82) is 0 Å². The molecule has 1 unspecified atom stereocenters. The summed E-state index contributed by atoms with van der Waals surface area (Å²) in [7, 11) is 0. The van der Waals surface area contributed by atoms with Gasteiger partial charge in [-0.05, 0) is 45.0 Å². The summed E-state index contributed by atoms with van der Waals surface area (Å²) >= 11 is 0. The molecule has 0 saturated carbocycles. The van der Waals surface area contributed by atoms with Gasteiger partial charge in [0.05, 0.1) is 17.4 Å². The van der Waals surface area contributed by atoms with Gasteiger partial charge in [0.2, 0.25) is 0 Å². The molecule has 116 valence electrons. The third kappa shape index (κ3) is 5.08. The number of carbonyl (C=O) groups excluding carboxylic acids is 1. The van der Waals surface area contributed by atoms with E-state index in [9.17, 15) is 9.90 Å². The summed E-state index contributed by atoms with van der Waals surface area (Å²) < 4.78 is 0. The second-order valence-corrected chi connectivity index (χ2v) is 5.39. The van der Waals surface area contributed by atoms with Gasteiger partial charge in [-0.2, -0.15) is 0 Å². The topological polar surface area (TPSA) is 74.7 Å². The molecule has 0 aromatic carbocycles. The Morgan fingerprint density at radius 1 is 1.48 bits per heavy atom. The Balaban J connectivity index is 1.68. The van der Waals surface area contributed by atoms with Crippen LogP contribution in [0.15, 0.2) is 18.3 Å². The number of hydroxylamine groups is 1. The Morgan fingerprint density at radius 2 is 2.24 bits per heavy atom. The molecule has 2 N–H and O–H groups in total. The van der Waals surface area contributed by atoms with Crippen molar-refractivity contribution in [2.24, 2.45) is 0 Å². The smallest absolute Gasteiger partial charge is 0.276 e. The van der Waals surface area contributed by atoms with E-state index in [-0.39, 0.29) is 12.5 Å². The molecule has 0 radical (unpaired) electrons. The van der Waals surface area contributed by atoms with Crippen LogP contribution in [0.2, 0.25) is 0 Å². The Kier molecular flexibility index (Phi) is 6.10. The minimum Gasteiger partial charge on any atom is -0.389 e. The summed E-state index contributed by atoms with van der Waals surface area (Å²) in [5, 5.41) is 9.91. The van der Waals surface area contributed by atoms with E-state index in [1.54, 1.807) is 25.3 Å². The van der Waals surface area contributed by atoms with E-state index in [1.807, 2.05) is 0 Å². The SMILES string of the molecule is Cc1ncccc1C(=O)NOCC(O)CN1CCCCC1. The standard InChI is InChI=1S/C15H23N3O3/c1-12-14(6-5-7-16-12)15(20)17-21-11-13(19)10-18-8-3-2-4-9-18/h5-7,13,19H,2-4,8-11H2,1H3,(H,17,20). The van der Waals surface area contributed by atoms with Gasteiger partial charge in [0.25, 0.3) is 5.91 Å². The number of β-amino-alcohol motifs (C(OH)–C–C–N with tert-alkyl or cyclic N) is 1. The van der Waals surface area contributed by atoms with Crippen LogP contribution in [0.25, 0.3) is 0 Å². The maximum atomic E-state index is 11.9. The third-order valence-electron chi connectivity index (χ3n) is 3.61. The Bertz CT molecular complexity index is 461. The number of amides is 1. The van der Waals surface area contributed by atoms with Crippen molar-refractivity contribution in [3.05, 3.63) is 29.6 Å². The fourth-order valence-corrected chi connectivity index (χ4v) is 2.48. The quantitative estimate of drug-likeness (QED) is 0.762. The first-order valence-electron chi connectivity index (χ1n) is 7.41. The number of nitrogens with one attached hydrogen (secondary N) is 1. The van der Waals surface area contributed by atoms with E-state index in [0.717, 1.165) is 13.1 Å². The molecular formula is C15H23N3O3. The van der Waals surface area contributed by atoms with E-state index in [1.165, 1.54) is 19.3 Å². The van der Waals surface area contributed by atoms with Crippen LogP contribution in [0.3, 0.4) is 0 Å². The van der Waals surface area contributed by atoms with Gasteiger partial charge < -0.3 is 10.0 Å². The zero-order chi connectivity index (χ0) is 15.1. The monoisotopic (exact) mass is 293 g/mol. The number of pyridine rings is 1. The first kappa shape index (κ1) is 15.9. The summed E-state index contributed by atoms with van der Waals surface area (Å²) in [5.41, 5.74) is 3.47. The second-order valence-electron chi connectivity index (χ2n) is 5.39. The largest absolute Gasteiger partial charge is 0.389 e. The molecule has 1 saturated heterocycles. The number of likely N-dealkylation sites (tertiary alicyclic amines) is 1. The summed E-state index contributed by atoms with van der Waals surface area (Å²) in [5.74, 6) is -0.342. The van der Waals surface area contributed by atoms with Crippen molar-refractivity contribution < 1.29 is 14.7 Å². The minimum absolute atomic E-state index is 0.0849. The highest BCUT2D eigenvalue weighted by Gasteiger charge is 2.15. The van der Waals surface area contributed by atoms with Gasteiger partial charge in [0, 0.05) is 12.7 Å². The van der Waals surface area contributed by atoms with Gasteiger partial charge >= 0.3 is 0 Å². The first-order chi connectivity index (χ1) is 10.2. The van der Waals surface area contributed by atoms with Crippen LogP contribution in [0.4, 0.5) is 0 Å². The second kappa shape index (κ2) is 8.07. The van der Waals surface area contributed by atoms with E-state index < -0.39 is 6.10 Å². The van der Waals surface area contributed by atoms with Crippen LogP contribution in [0.5, 0.6) is 0 Å². The van der Waals surface area contributed by atoms with E-state index >= 15 is 0 Å². The van der Waals surface area contributed by atoms with Crippen LogP contribution in [-0.2, 0) is 4.84 Å². The normalized spacial score (nSPS) is 17.4. The van der Waals surface area contributed by atoms with E-state index in [0.29, 0.717) is 17.8 Å². The first-order valence-corrected chi connectivity index (χ1v) is 7.41. The summed E-state index contributed by atoms with van der Waals surface area (Å²) in [6.07, 6.45) is 4.67. The number of aryl methyl sites for hydroxylation is 1. The molecule has 0 aliphatic carbocycles. The molecule has 1 aliphatic rings. The van der Waals surface area contributed by atoms with Gasteiger partial charge in [-0.3, -0.25) is 14.6 Å². The predicted octanol–water partition coefficient (Wildman–Crippen LogP) is 0.898. The molecule has 6 heteroatoms. The average Bonchev–Trinajstić information content (AvgIpc) is 2.48. The van der Waals surface area contributed by atoms with Gasteiger partial charge in [0.1, 0.15) is 6.61 Å². The van der Waals surface area contributed by atoms with Crippen LogP contribution >= 0.6 is 0 Å². The fourth-order valence-electron chi connectivity index (χ4n) is 2.48. The number of aliphatic hydroxyl groups excluding tert-OH is 1. The molecule has 21 heavy (non-hydrogen) atoms. The lowest BCUT2D eigenvalue weighted by Crippen LogP contribution is -2.39. The maximum absolute atomic E-state index is 11.9. The lowest BCUT2D eigenvalue weighted by atomic mass is 10.1. The molecule has 0 bridgehead atoms. The van der Waals surface area contributed by atoms with E-state index in [2.05, 4.69) is 15.4 Å². The summed E-state index contributed by atoms with van der Waals surface area (Å²) in [6, 6.07) is 3.39. The number of carbonyl (C=O) groups is 1. The highest BCUT2D eigenvalue weighted by molar-refractivity contribution is 5.94. The zero-order valence-corrected chi connectivity index (χ0v) is 12.4. The lowest BCUT2D eigenvalue weighted by molar-refractivity contribution is -0.0243. The number of piperidine rings is 1. The number of hydrogen-bond donors (Lipinski definition) is 2. The highest BCUT2D eigenvalue weighted by Crippen LogP contribution is 2.09. The van der Waals surface area contributed by atoms with Gasteiger partial charge in [-0.15, -0.1) is 0 Å². The van der Waals surface area contributed by atoms with Crippen molar-refractivity contribution in [1.82, 2.24) is 15.4 Å². The van der Waals surface area contributed by atoms with Crippen molar-refractivity contribution in [3.63, 3.8) is 0 Å². The van der Waals surface area contributed by atoms with Crippen molar-refractivity contribution in [2.75, 3.05) is 26.2 Å². The molecular weight excluding hydrogens is 270 g/mol. The number of hydrogen-bond acceptors (Lipinski definition) is 5. The average molecular weight is 293 g/mol. The molecule has 1 amide bonds. The molecule has 2 rings (SSSR count). The van der Waals surface area contributed by atoms with Crippen LogP contribution in [-0.4, -0.2) is 53.2 Å². The van der Waals surface area contributed by atoms with Crippen molar-refractivity contribution in [2.45, 2.75) is 32.3 Å². The summed E-state index contributed by atoms with van der Waals surface area (Å²) in [6.45, 7) is 4.49. The highest BCUT2D eigenvalue weighted by atomic mass is 16.7. The van der Waals surface area contributed by atoms with Crippen LogP contribution < -0.4 is 5.48 Å².